The Morgan fingerprint density at radius 1 is 1.29 bits per heavy atom. The van der Waals surface area contributed by atoms with E-state index in [0.717, 1.165) is 4.90 Å². The van der Waals surface area contributed by atoms with Crippen LogP contribution in [-0.4, -0.2) is 64.2 Å². The van der Waals surface area contributed by atoms with Gasteiger partial charge in [0.1, 0.15) is 17.0 Å². The second kappa shape index (κ2) is 11.2. The summed E-state index contributed by atoms with van der Waals surface area (Å²) in [7, 11) is 2.72. The van der Waals surface area contributed by atoms with Gasteiger partial charge in [0.15, 0.2) is 11.9 Å². The van der Waals surface area contributed by atoms with Crippen LogP contribution in [0.1, 0.15) is 51.6 Å². The molecule has 0 amide bonds. The second-order valence-electron chi connectivity index (χ2n) is 11.4. The van der Waals surface area contributed by atoms with Crippen LogP contribution in [0.15, 0.2) is 41.3 Å². The minimum atomic E-state index is -4.46. The number of aromatic amines is 1. The first-order chi connectivity index (χ1) is 19.1. The quantitative estimate of drug-likeness (QED) is 0.387. The SMILES string of the molecule is CN(C)C(c1ccc(Nc2nn([C@]3(CC#N)CC[C@@H](C(=O)OC(C)(C)C)OC3)c3cc[nH]c(=O)c23)cc1)C(F)(F)F. The maximum absolute atomic E-state index is 13.6. The van der Waals surface area contributed by atoms with Crippen molar-refractivity contribution in [3.63, 3.8) is 0 Å². The molecule has 1 aliphatic rings. The predicted octanol–water partition coefficient (Wildman–Crippen LogP) is 4.76. The Hall–Kier alpha value is -3.89. The lowest BCUT2D eigenvalue weighted by Crippen LogP contribution is -2.47. The van der Waals surface area contributed by atoms with Gasteiger partial charge < -0.3 is 19.8 Å². The van der Waals surface area contributed by atoms with E-state index in [4.69, 9.17) is 9.47 Å². The zero-order valence-corrected chi connectivity index (χ0v) is 23.5. The summed E-state index contributed by atoms with van der Waals surface area (Å²) in [6.45, 7) is 5.27. The number of rotatable bonds is 7. The molecular weight excluding hydrogens is 541 g/mol. The first kappa shape index (κ1) is 30.1. The third-order valence-corrected chi connectivity index (χ3v) is 6.87. The number of pyridine rings is 1. The van der Waals surface area contributed by atoms with E-state index in [0.29, 0.717) is 17.6 Å². The number of hydrogen-bond acceptors (Lipinski definition) is 8. The van der Waals surface area contributed by atoms with Crippen molar-refractivity contribution in [2.45, 2.75) is 69.5 Å². The lowest BCUT2D eigenvalue weighted by atomic mass is 9.87. The number of nitriles is 1. The number of alkyl halides is 3. The highest BCUT2D eigenvalue weighted by molar-refractivity contribution is 5.91. The summed E-state index contributed by atoms with van der Waals surface area (Å²) in [6.07, 6.45) is -3.17. The average Bonchev–Trinajstić information content (AvgIpc) is 3.24. The molecule has 1 unspecified atom stereocenters. The van der Waals surface area contributed by atoms with E-state index in [1.807, 2.05) is 0 Å². The molecule has 0 aliphatic carbocycles. The first-order valence-corrected chi connectivity index (χ1v) is 13.1. The molecule has 220 valence electrons. The van der Waals surface area contributed by atoms with E-state index in [1.54, 1.807) is 31.5 Å². The number of anilines is 2. The predicted molar refractivity (Wildman–Crippen MR) is 146 cm³/mol. The summed E-state index contributed by atoms with van der Waals surface area (Å²) in [5, 5.41) is 17.6. The van der Waals surface area contributed by atoms with E-state index in [2.05, 4.69) is 21.5 Å². The van der Waals surface area contributed by atoms with Gasteiger partial charge in [0.2, 0.25) is 0 Å². The van der Waals surface area contributed by atoms with Crippen molar-refractivity contribution in [2.24, 2.45) is 0 Å². The Balaban J connectivity index is 1.67. The molecular formula is C28H33F3N6O4. The van der Waals surface area contributed by atoms with E-state index < -0.39 is 41.0 Å². The molecule has 3 aromatic rings. The van der Waals surface area contributed by atoms with Crippen molar-refractivity contribution < 1.29 is 27.4 Å². The van der Waals surface area contributed by atoms with Crippen molar-refractivity contribution in [3.8, 4) is 6.07 Å². The van der Waals surface area contributed by atoms with Gasteiger partial charge in [0.25, 0.3) is 5.56 Å². The van der Waals surface area contributed by atoms with Crippen molar-refractivity contribution in [3.05, 3.63) is 52.4 Å². The Labute approximate surface area is 235 Å². The summed E-state index contributed by atoms with van der Waals surface area (Å²) in [6, 6.07) is 7.76. The van der Waals surface area contributed by atoms with Gasteiger partial charge in [-0.25, -0.2) is 4.79 Å². The normalized spacial score (nSPS) is 20.5. The fourth-order valence-electron chi connectivity index (χ4n) is 5.08. The average molecular weight is 575 g/mol. The summed E-state index contributed by atoms with van der Waals surface area (Å²) >= 11 is 0. The minimum absolute atomic E-state index is 0.00484. The van der Waals surface area contributed by atoms with Gasteiger partial charge in [-0.2, -0.15) is 23.5 Å². The molecule has 3 atom stereocenters. The highest BCUT2D eigenvalue weighted by Gasteiger charge is 2.44. The molecule has 2 N–H and O–H groups in total. The molecule has 10 nitrogen and oxygen atoms in total. The number of H-pyrrole nitrogens is 1. The van der Waals surface area contributed by atoms with Gasteiger partial charge in [0, 0.05) is 11.9 Å². The third-order valence-electron chi connectivity index (χ3n) is 6.87. The first-order valence-electron chi connectivity index (χ1n) is 13.1. The molecule has 41 heavy (non-hydrogen) atoms. The molecule has 0 spiro atoms. The smallest absolute Gasteiger partial charge is 0.408 e. The Morgan fingerprint density at radius 3 is 2.51 bits per heavy atom. The van der Waals surface area contributed by atoms with Gasteiger partial charge in [-0.05, 0) is 71.5 Å². The fraction of sp³-hybridized carbons (Fsp3) is 0.500. The number of hydrogen-bond donors (Lipinski definition) is 2. The molecule has 0 radical (unpaired) electrons. The standard InChI is InChI=1S/C28H33F3N6O4/c1-26(2,3)41-25(39)20-10-12-27(13-14-32,16-40-20)37-19-11-15-33-24(38)21(19)23(35-37)34-18-8-6-17(7-9-18)22(36(4)5)28(29,30)31/h6-9,11,15,20,22H,10,12-13,16H2,1-5H3,(H,33,38)(H,34,35)/t20-,22?,27-/m0/s1. The molecule has 1 fully saturated rings. The zero-order valence-electron chi connectivity index (χ0n) is 23.5. The van der Waals surface area contributed by atoms with E-state index in [-0.39, 0.29) is 36.2 Å². The summed E-state index contributed by atoms with van der Waals surface area (Å²) in [5.41, 5.74) is -1.18. The summed E-state index contributed by atoms with van der Waals surface area (Å²) < 4.78 is 53.7. The molecule has 1 aliphatic heterocycles. The number of esters is 1. The number of ether oxygens (including phenoxy) is 2. The molecule has 13 heteroatoms. The van der Waals surface area contributed by atoms with Gasteiger partial charge in [0.05, 0.1) is 30.2 Å². The maximum atomic E-state index is 13.6. The molecule has 4 rings (SSSR count). The lowest BCUT2D eigenvalue weighted by Gasteiger charge is -2.39. The highest BCUT2D eigenvalue weighted by Crippen LogP contribution is 2.39. The van der Waals surface area contributed by atoms with Crippen LogP contribution in [0, 0.1) is 11.3 Å². The number of nitrogens with one attached hydrogen (secondary N) is 2. The minimum Gasteiger partial charge on any atom is -0.458 e. The Morgan fingerprint density at radius 2 is 1.98 bits per heavy atom. The monoisotopic (exact) mass is 574 g/mol. The van der Waals surface area contributed by atoms with Crippen LogP contribution in [0.25, 0.3) is 10.9 Å². The number of fused-ring (bicyclic) bond motifs is 1. The van der Waals surface area contributed by atoms with Crippen LogP contribution in [0.3, 0.4) is 0 Å². The molecule has 0 saturated carbocycles. The van der Waals surface area contributed by atoms with E-state index in [1.165, 1.54) is 44.6 Å². The largest absolute Gasteiger partial charge is 0.458 e. The fourth-order valence-corrected chi connectivity index (χ4v) is 5.08. The van der Waals surface area contributed by atoms with E-state index >= 15 is 0 Å². The van der Waals surface area contributed by atoms with Crippen LogP contribution in [-0.2, 0) is 19.8 Å². The van der Waals surface area contributed by atoms with Crippen molar-refractivity contribution in [1.29, 1.82) is 5.26 Å². The van der Waals surface area contributed by atoms with Crippen molar-refractivity contribution in [2.75, 3.05) is 26.0 Å². The maximum Gasteiger partial charge on any atom is 0.408 e. The van der Waals surface area contributed by atoms with E-state index in [9.17, 15) is 28.0 Å². The highest BCUT2D eigenvalue weighted by atomic mass is 19.4. The van der Waals surface area contributed by atoms with Gasteiger partial charge in [-0.3, -0.25) is 14.4 Å². The number of halogens is 3. The van der Waals surface area contributed by atoms with Crippen LogP contribution < -0.4 is 10.9 Å². The number of aromatic nitrogens is 3. The van der Waals surface area contributed by atoms with Gasteiger partial charge in [-0.1, -0.05) is 12.1 Å². The zero-order chi connectivity index (χ0) is 30.2. The van der Waals surface area contributed by atoms with Crippen molar-refractivity contribution >= 4 is 28.4 Å². The topological polar surface area (TPSA) is 125 Å². The number of nitrogens with zero attached hydrogens (tertiary/aromatic N) is 4. The third kappa shape index (κ3) is 6.39. The molecule has 1 aromatic carbocycles. The Bertz CT molecular complexity index is 1490. The molecule has 0 bridgehead atoms. The lowest BCUT2D eigenvalue weighted by molar-refractivity contribution is -0.179. The van der Waals surface area contributed by atoms with Crippen molar-refractivity contribution in [1.82, 2.24) is 19.7 Å². The summed E-state index contributed by atoms with van der Waals surface area (Å²) in [4.78, 5) is 29.2. The van der Waals surface area contributed by atoms with Crippen LogP contribution in [0.2, 0.25) is 0 Å². The Kier molecular flexibility index (Phi) is 8.20. The van der Waals surface area contributed by atoms with Crippen LogP contribution >= 0.6 is 0 Å². The van der Waals surface area contributed by atoms with Gasteiger partial charge in [-0.15, -0.1) is 0 Å². The molecule has 1 saturated heterocycles. The van der Waals surface area contributed by atoms with Gasteiger partial charge >= 0.3 is 12.1 Å². The second-order valence-corrected chi connectivity index (χ2v) is 11.4. The van der Waals surface area contributed by atoms with Crippen LogP contribution in [0.5, 0.6) is 0 Å². The number of benzene rings is 1. The molecule has 3 heterocycles. The number of carbonyl (C=O) groups is 1. The van der Waals surface area contributed by atoms with Crippen LogP contribution in [0.4, 0.5) is 24.7 Å². The molecule has 2 aromatic heterocycles. The summed E-state index contributed by atoms with van der Waals surface area (Å²) in [5.74, 6) is -0.321. The number of carbonyl (C=O) groups excluding carboxylic acids is 1.